The fourth-order valence-corrected chi connectivity index (χ4v) is 6.74. The molecule has 1 aliphatic heterocycles. The third-order valence-corrected chi connectivity index (χ3v) is 13.8. The summed E-state index contributed by atoms with van der Waals surface area (Å²) in [5.41, 5.74) is 4.52. The summed E-state index contributed by atoms with van der Waals surface area (Å²) in [5.74, 6) is -0.299. The van der Waals surface area contributed by atoms with Gasteiger partial charge in [0.25, 0.3) is 24.2 Å². The molecule has 218 valence electrons. The Hall–Kier alpha value is -3.95. The van der Waals surface area contributed by atoms with E-state index in [4.69, 9.17) is 4.43 Å². The van der Waals surface area contributed by atoms with Gasteiger partial charge in [-0.05, 0) is 89.8 Å². The molecule has 0 aromatic heterocycles. The summed E-state index contributed by atoms with van der Waals surface area (Å²) in [4.78, 5) is 15.3. The highest BCUT2D eigenvalue weighted by Crippen LogP contribution is 2.41. The maximum Gasteiger partial charge on any atom is 0.262 e. The Bertz CT molecular complexity index is 1730. The van der Waals surface area contributed by atoms with Gasteiger partial charge < -0.3 is 9.33 Å². The lowest BCUT2D eigenvalue weighted by Crippen LogP contribution is -2.44. The van der Waals surface area contributed by atoms with Gasteiger partial charge >= 0.3 is 0 Å². The Morgan fingerprint density at radius 3 is 2.24 bits per heavy atom. The van der Waals surface area contributed by atoms with Gasteiger partial charge in [0.2, 0.25) is 0 Å². The molecule has 1 heterocycles. The van der Waals surface area contributed by atoms with Crippen molar-refractivity contribution in [2.75, 3.05) is 16.2 Å². The van der Waals surface area contributed by atoms with Crippen molar-refractivity contribution in [1.82, 2.24) is 0 Å². The molecule has 4 aromatic carbocycles. The van der Waals surface area contributed by atoms with E-state index in [1.54, 1.807) is 23.1 Å². The molecule has 1 aliphatic rings. The van der Waals surface area contributed by atoms with Gasteiger partial charge in [-0.25, -0.2) is 12.8 Å². The van der Waals surface area contributed by atoms with E-state index >= 15 is 0 Å². The Balaban J connectivity index is 1.50. The molecule has 9 heteroatoms. The molecule has 1 amide bonds. The third-order valence-electron chi connectivity index (χ3n) is 8.11. The number of hydrogen-bond acceptors (Lipinski definition) is 4. The molecule has 1 N–H and O–H groups in total. The Kier molecular flexibility index (Phi) is 7.76. The van der Waals surface area contributed by atoms with E-state index in [2.05, 4.69) is 44.7 Å². The average molecular weight is 603 g/mol. The van der Waals surface area contributed by atoms with Crippen LogP contribution in [0.2, 0.25) is 18.1 Å². The molecule has 0 atom stereocenters. The van der Waals surface area contributed by atoms with Crippen LogP contribution in [0.1, 0.15) is 36.7 Å². The summed E-state index contributed by atoms with van der Waals surface area (Å²) >= 11 is 0. The van der Waals surface area contributed by atoms with Crippen molar-refractivity contribution >= 4 is 35.6 Å². The number of halogens is 1. The number of fused-ring (bicyclic) bond motifs is 1. The largest absolute Gasteiger partial charge is 0.542 e. The van der Waals surface area contributed by atoms with E-state index in [1.165, 1.54) is 12.1 Å². The average Bonchev–Trinajstić information content (AvgIpc) is 2.94. The highest BCUT2D eigenvalue weighted by molar-refractivity contribution is 7.92. The summed E-state index contributed by atoms with van der Waals surface area (Å²) < 4.78 is 49.3. The zero-order valence-corrected chi connectivity index (χ0v) is 26.3. The molecule has 42 heavy (non-hydrogen) atoms. The van der Waals surface area contributed by atoms with Crippen LogP contribution < -0.4 is 14.0 Å². The minimum atomic E-state index is -4.07. The highest BCUT2D eigenvalue weighted by Gasteiger charge is 2.40. The van der Waals surface area contributed by atoms with E-state index in [0.29, 0.717) is 30.0 Å². The first-order valence-corrected chi connectivity index (χ1v) is 18.3. The number of carbonyl (C=O) groups is 1. The molecule has 0 saturated carbocycles. The van der Waals surface area contributed by atoms with E-state index in [0.717, 1.165) is 28.8 Å². The number of anilines is 2. The van der Waals surface area contributed by atoms with Crippen molar-refractivity contribution in [3.05, 3.63) is 108 Å². The van der Waals surface area contributed by atoms with Crippen LogP contribution in [-0.4, -0.2) is 29.2 Å². The number of nitrogens with zero attached hydrogens (tertiary/aromatic N) is 1. The highest BCUT2D eigenvalue weighted by atomic mass is 32.2. The van der Waals surface area contributed by atoms with Gasteiger partial charge in [0.15, 0.2) is 0 Å². The fourth-order valence-electron chi connectivity index (χ4n) is 4.64. The number of benzene rings is 4. The standard InChI is InChI=1S/C33H35FN2O4SSi/c1-33(2,3)42(4,5)40-31-18-14-27(22-30(31)35-41(38,39)28-15-12-26(34)13-16-28)36-20-19-25-21-24(11-17-29(25)32(36)37)23-9-7-6-8-10-23/h6-18,21-22,35H,19-20H2,1-5H3. The van der Waals surface area contributed by atoms with Crippen LogP contribution >= 0.6 is 0 Å². The van der Waals surface area contributed by atoms with E-state index in [-0.39, 0.29) is 21.5 Å². The maximum atomic E-state index is 13.7. The topological polar surface area (TPSA) is 75.7 Å². The second kappa shape index (κ2) is 11.0. The summed E-state index contributed by atoms with van der Waals surface area (Å²) in [6.45, 7) is 10.9. The predicted octanol–water partition coefficient (Wildman–Crippen LogP) is 7.88. The van der Waals surface area contributed by atoms with Crippen LogP contribution in [0.15, 0.2) is 95.9 Å². The second-order valence-corrected chi connectivity index (χ2v) is 18.5. The molecule has 0 aliphatic carbocycles. The number of sulfonamides is 1. The van der Waals surface area contributed by atoms with Crippen LogP contribution in [0.5, 0.6) is 5.75 Å². The third kappa shape index (κ3) is 5.98. The lowest BCUT2D eigenvalue weighted by molar-refractivity contribution is 0.0980. The minimum absolute atomic E-state index is 0.0789. The van der Waals surface area contributed by atoms with E-state index < -0.39 is 24.2 Å². The summed E-state index contributed by atoms with van der Waals surface area (Å²) in [6, 6.07) is 25.7. The summed E-state index contributed by atoms with van der Waals surface area (Å²) in [7, 11) is -6.42. The van der Waals surface area contributed by atoms with Crippen molar-refractivity contribution in [1.29, 1.82) is 0 Å². The van der Waals surface area contributed by atoms with Gasteiger partial charge in [-0.1, -0.05) is 63.2 Å². The second-order valence-electron chi connectivity index (χ2n) is 12.0. The van der Waals surface area contributed by atoms with Crippen molar-refractivity contribution in [2.45, 2.75) is 50.2 Å². The molecule has 0 fully saturated rings. The molecule has 0 radical (unpaired) electrons. The Morgan fingerprint density at radius 2 is 1.57 bits per heavy atom. The fraction of sp³-hybridized carbons (Fsp3) is 0.242. The van der Waals surface area contributed by atoms with Crippen molar-refractivity contribution in [2.24, 2.45) is 0 Å². The quantitative estimate of drug-likeness (QED) is 0.218. The Morgan fingerprint density at radius 1 is 0.881 bits per heavy atom. The van der Waals surface area contributed by atoms with E-state index in [1.807, 2.05) is 42.5 Å². The van der Waals surface area contributed by atoms with Crippen molar-refractivity contribution in [3.63, 3.8) is 0 Å². The zero-order chi connectivity index (χ0) is 30.3. The first-order valence-electron chi connectivity index (χ1n) is 13.9. The van der Waals surface area contributed by atoms with Gasteiger partial charge in [-0.2, -0.15) is 0 Å². The van der Waals surface area contributed by atoms with Gasteiger partial charge in [0, 0.05) is 17.8 Å². The normalized spacial score (nSPS) is 14.0. The van der Waals surface area contributed by atoms with Crippen LogP contribution in [0.4, 0.5) is 15.8 Å². The van der Waals surface area contributed by atoms with Gasteiger partial charge in [-0.15, -0.1) is 0 Å². The lowest BCUT2D eigenvalue weighted by Gasteiger charge is -2.37. The molecule has 6 nitrogen and oxygen atoms in total. The van der Waals surface area contributed by atoms with Gasteiger partial charge in [0.05, 0.1) is 10.6 Å². The predicted molar refractivity (Wildman–Crippen MR) is 169 cm³/mol. The number of nitrogens with one attached hydrogen (secondary N) is 1. The monoisotopic (exact) mass is 602 g/mol. The van der Waals surface area contributed by atoms with Gasteiger partial charge in [-0.3, -0.25) is 9.52 Å². The molecular weight excluding hydrogens is 568 g/mol. The van der Waals surface area contributed by atoms with Crippen LogP contribution in [0.3, 0.4) is 0 Å². The summed E-state index contributed by atoms with van der Waals surface area (Å²) in [6.07, 6.45) is 0.653. The smallest absolute Gasteiger partial charge is 0.262 e. The maximum absolute atomic E-state index is 13.7. The Labute approximate surface area is 248 Å². The molecule has 0 saturated heterocycles. The SMILES string of the molecule is CC(C)(C)[Si](C)(C)Oc1ccc(N2CCc3cc(-c4ccccc4)ccc3C2=O)cc1NS(=O)(=O)c1ccc(F)cc1. The number of amides is 1. The summed E-state index contributed by atoms with van der Waals surface area (Å²) in [5, 5.41) is -0.135. The number of rotatable bonds is 7. The van der Waals surface area contributed by atoms with Crippen LogP contribution in [-0.2, 0) is 16.4 Å². The van der Waals surface area contributed by atoms with Crippen molar-refractivity contribution in [3.8, 4) is 16.9 Å². The first-order chi connectivity index (χ1) is 19.7. The number of hydrogen-bond donors (Lipinski definition) is 1. The van der Waals surface area contributed by atoms with Gasteiger partial charge in [0.1, 0.15) is 11.6 Å². The minimum Gasteiger partial charge on any atom is -0.542 e. The van der Waals surface area contributed by atoms with Crippen LogP contribution in [0.25, 0.3) is 11.1 Å². The number of carbonyl (C=O) groups excluding carboxylic acids is 1. The molecule has 0 unspecified atom stereocenters. The molecule has 0 bridgehead atoms. The molecular formula is C33H35FN2O4SSi. The first kappa shape index (κ1) is 29.5. The van der Waals surface area contributed by atoms with E-state index in [9.17, 15) is 17.6 Å². The molecule has 0 spiro atoms. The molecule has 5 rings (SSSR count). The lowest BCUT2D eigenvalue weighted by atomic mass is 9.94. The van der Waals surface area contributed by atoms with Crippen molar-refractivity contribution < 1.29 is 22.0 Å². The zero-order valence-electron chi connectivity index (χ0n) is 24.4. The van der Waals surface area contributed by atoms with Crippen LogP contribution in [0, 0.1) is 5.82 Å². The molecule has 4 aromatic rings.